The van der Waals surface area contributed by atoms with Crippen LogP contribution in [-0.4, -0.2) is 26.5 Å². The summed E-state index contributed by atoms with van der Waals surface area (Å²) in [6.45, 7) is 9.01. The van der Waals surface area contributed by atoms with E-state index in [9.17, 15) is 0 Å². The van der Waals surface area contributed by atoms with Gasteiger partial charge in [0.05, 0.1) is 0 Å². The first-order valence-electron chi connectivity index (χ1n) is 9.09. The number of hydrogen-bond acceptors (Lipinski definition) is 2. The molecule has 0 aliphatic carbocycles. The molecule has 2 rings (SSSR count). The van der Waals surface area contributed by atoms with Crippen LogP contribution >= 0.6 is 23.5 Å². The third-order valence-electron chi connectivity index (χ3n) is 4.09. The summed E-state index contributed by atoms with van der Waals surface area (Å²) >= 11 is 4.79. The summed E-state index contributed by atoms with van der Waals surface area (Å²) in [5, 5.41) is 2.74. The van der Waals surface area contributed by atoms with Crippen LogP contribution in [0.1, 0.15) is 50.7 Å². The molecule has 0 fully saturated rings. The average molecular weight is 438 g/mol. The van der Waals surface area contributed by atoms with E-state index in [4.69, 9.17) is 0 Å². The molecule has 0 amide bonds. The predicted octanol–water partition coefficient (Wildman–Crippen LogP) is 7.36. The van der Waals surface area contributed by atoms with E-state index < -0.39 is 0 Å². The molecular weight excluding hydrogens is 407 g/mol. The second-order valence-electron chi connectivity index (χ2n) is 6.76. The molecule has 2 aromatic rings. The Morgan fingerprint density at radius 3 is 1.32 bits per heavy atom. The van der Waals surface area contributed by atoms with Gasteiger partial charge in [0, 0.05) is 0 Å². The summed E-state index contributed by atoms with van der Waals surface area (Å²) in [5.41, 5.74) is 2.87. The van der Waals surface area contributed by atoms with Gasteiger partial charge in [-0.25, -0.2) is 0 Å². The monoisotopic (exact) mass is 438 g/mol. The van der Waals surface area contributed by atoms with Crippen molar-refractivity contribution in [3.05, 3.63) is 59.7 Å². The standard InChI is InChI=1S/C22H30S2Se/c1-17(2)19-5-9-21(10-6-19)23-13-15-25-16-14-24-22-11-7-20(8-12-22)18(3)4/h5-12,17-18H,13-16H2,1-4H3. The summed E-state index contributed by atoms with van der Waals surface area (Å²) in [6.07, 6.45) is 0. The van der Waals surface area contributed by atoms with Crippen LogP contribution in [0.25, 0.3) is 0 Å². The van der Waals surface area contributed by atoms with E-state index in [0.29, 0.717) is 11.8 Å². The van der Waals surface area contributed by atoms with Crippen LogP contribution in [0.4, 0.5) is 0 Å². The number of hydrogen-bond donors (Lipinski definition) is 0. The Morgan fingerprint density at radius 1 is 0.640 bits per heavy atom. The Kier molecular flexibility index (Phi) is 9.55. The van der Waals surface area contributed by atoms with Crippen LogP contribution in [0.5, 0.6) is 0 Å². The molecule has 0 atom stereocenters. The van der Waals surface area contributed by atoms with Gasteiger partial charge in [0.25, 0.3) is 0 Å². The molecule has 0 saturated heterocycles. The van der Waals surface area contributed by atoms with Gasteiger partial charge in [0.15, 0.2) is 0 Å². The molecule has 0 unspecified atom stereocenters. The van der Waals surface area contributed by atoms with Gasteiger partial charge >= 0.3 is 170 Å². The van der Waals surface area contributed by atoms with E-state index in [1.807, 2.05) is 23.5 Å². The van der Waals surface area contributed by atoms with Crippen molar-refractivity contribution in [2.75, 3.05) is 11.5 Å². The normalized spacial score (nSPS) is 11.4. The molecule has 0 radical (unpaired) electrons. The van der Waals surface area contributed by atoms with Gasteiger partial charge in [0.1, 0.15) is 0 Å². The summed E-state index contributed by atoms with van der Waals surface area (Å²) in [7, 11) is 0. The van der Waals surface area contributed by atoms with E-state index in [-0.39, 0.29) is 0 Å². The van der Waals surface area contributed by atoms with Gasteiger partial charge in [0.2, 0.25) is 0 Å². The van der Waals surface area contributed by atoms with Crippen molar-refractivity contribution in [1.82, 2.24) is 0 Å². The zero-order valence-corrected chi connectivity index (χ0v) is 19.2. The fraction of sp³-hybridized carbons (Fsp3) is 0.455. The van der Waals surface area contributed by atoms with Crippen LogP contribution in [0, 0.1) is 0 Å². The summed E-state index contributed by atoms with van der Waals surface area (Å²) in [4.78, 5) is 2.83. The molecular formula is C22H30S2Se. The van der Waals surface area contributed by atoms with Gasteiger partial charge in [-0.05, 0) is 0 Å². The molecule has 25 heavy (non-hydrogen) atoms. The van der Waals surface area contributed by atoms with E-state index in [1.54, 1.807) is 0 Å². The minimum absolute atomic E-state index is 0.626. The fourth-order valence-electron chi connectivity index (χ4n) is 2.44. The van der Waals surface area contributed by atoms with E-state index in [2.05, 4.69) is 76.2 Å². The van der Waals surface area contributed by atoms with E-state index >= 15 is 0 Å². The fourth-order valence-corrected chi connectivity index (χ4v) is 6.93. The summed E-state index contributed by atoms with van der Waals surface area (Å²) in [5.74, 6) is 3.77. The molecule has 0 N–H and O–H groups in total. The maximum absolute atomic E-state index is 2.28. The molecule has 0 spiro atoms. The van der Waals surface area contributed by atoms with Crippen LogP contribution in [0.3, 0.4) is 0 Å². The molecule has 0 nitrogen and oxygen atoms in total. The third kappa shape index (κ3) is 7.83. The van der Waals surface area contributed by atoms with Gasteiger partial charge < -0.3 is 0 Å². The quantitative estimate of drug-likeness (QED) is 0.216. The van der Waals surface area contributed by atoms with E-state index in [1.165, 1.54) is 43.1 Å². The topological polar surface area (TPSA) is 0 Å². The molecule has 0 aliphatic rings. The molecule has 136 valence electrons. The van der Waals surface area contributed by atoms with Crippen molar-refractivity contribution in [3.63, 3.8) is 0 Å². The Morgan fingerprint density at radius 2 is 1.00 bits per heavy atom. The van der Waals surface area contributed by atoms with Crippen molar-refractivity contribution >= 4 is 38.5 Å². The van der Waals surface area contributed by atoms with Crippen molar-refractivity contribution in [2.45, 2.75) is 60.0 Å². The Balaban J connectivity index is 1.56. The second kappa shape index (κ2) is 11.4. The molecule has 0 heterocycles. The predicted molar refractivity (Wildman–Crippen MR) is 118 cm³/mol. The van der Waals surface area contributed by atoms with E-state index in [0.717, 1.165) is 15.0 Å². The van der Waals surface area contributed by atoms with Crippen LogP contribution in [0.15, 0.2) is 58.3 Å². The number of thioether (sulfide) groups is 2. The Hall–Kier alpha value is -0.341. The SMILES string of the molecule is CC(C)c1ccc(SCC[Se]CCSc2ccc(C(C)C)cc2)cc1. The molecule has 3 heteroatoms. The van der Waals surface area contributed by atoms with Crippen molar-refractivity contribution in [3.8, 4) is 0 Å². The zero-order valence-electron chi connectivity index (χ0n) is 15.8. The first kappa shape index (κ1) is 21.0. The molecule has 2 aromatic carbocycles. The molecule has 0 aromatic heterocycles. The minimum atomic E-state index is 0.626. The maximum atomic E-state index is 2.28. The van der Waals surface area contributed by atoms with Crippen molar-refractivity contribution in [2.24, 2.45) is 0 Å². The molecule has 0 aliphatic heterocycles. The molecule has 0 saturated carbocycles. The first-order chi connectivity index (χ1) is 12.1. The first-order valence-corrected chi connectivity index (χ1v) is 13.5. The van der Waals surface area contributed by atoms with Crippen molar-refractivity contribution < 1.29 is 0 Å². The van der Waals surface area contributed by atoms with Crippen LogP contribution in [0.2, 0.25) is 10.6 Å². The molecule has 0 bridgehead atoms. The van der Waals surface area contributed by atoms with Crippen LogP contribution in [-0.2, 0) is 0 Å². The average Bonchev–Trinajstić information content (AvgIpc) is 2.61. The van der Waals surface area contributed by atoms with Crippen LogP contribution < -0.4 is 0 Å². The number of benzene rings is 2. The Bertz CT molecular complexity index is 547. The Labute approximate surface area is 169 Å². The zero-order chi connectivity index (χ0) is 18.1. The summed E-state index contributed by atoms with van der Waals surface area (Å²) in [6, 6.07) is 18.2. The van der Waals surface area contributed by atoms with Gasteiger partial charge in [-0.2, -0.15) is 0 Å². The second-order valence-corrected chi connectivity index (χ2v) is 11.7. The van der Waals surface area contributed by atoms with Gasteiger partial charge in [-0.15, -0.1) is 0 Å². The number of rotatable bonds is 10. The van der Waals surface area contributed by atoms with Crippen molar-refractivity contribution in [1.29, 1.82) is 0 Å². The van der Waals surface area contributed by atoms with Gasteiger partial charge in [-0.1, -0.05) is 0 Å². The van der Waals surface area contributed by atoms with Gasteiger partial charge in [-0.3, -0.25) is 0 Å². The third-order valence-corrected chi connectivity index (χ3v) is 9.35. The summed E-state index contributed by atoms with van der Waals surface area (Å²) < 4.78 is 0.